The summed E-state index contributed by atoms with van der Waals surface area (Å²) in [6.45, 7) is 4.73. The number of rotatable bonds is 4. The third-order valence-corrected chi connectivity index (χ3v) is 3.68. The minimum absolute atomic E-state index is 0.0585. The zero-order valence-corrected chi connectivity index (χ0v) is 10.9. The Balaban J connectivity index is 2.27. The molecule has 1 aromatic rings. The lowest BCUT2D eigenvalue weighted by atomic mass is 9.99. The summed E-state index contributed by atoms with van der Waals surface area (Å²) in [5.74, 6) is -0.272. The van der Waals surface area contributed by atoms with E-state index in [9.17, 15) is 17.6 Å². The number of benzene rings is 1. The molecular weight excluding hydrogens is 258 g/mol. The maximum Gasteiger partial charge on any atom is 0.419 e. The van der Waals surface area contributed by atoms with E-state index in [1.165, 1.54) is 6.07 Å². The first kappa shape index (κ1) is 14.3. The summed E-state index contributed by atoms with van der Waals surface area (Å²) in [6.07, 6.45) is -3.61. The van der Waals surface area contributed by atoms with Crippen LogP contribution < -0.4 is 5.32 Å². The quantitative estimate of drug-likeness (QED) is 0.814. The topological polar surface area (TPSA) is 12.0 Å². The van der Waals surface area contributed by atoms with E-state index in [0.29, 0.717) is 23.9 Å². The monoisotopic (exact) mass is 275 g/mol. The lowest BCUT2D eigenvalue weighted by Crippen LogP contribution is -2.23. The molecule has 0 saturated heterocycles. The second kappa shape index (κ2) is 5.12. The van der Waals surface area contributed by atoms with Gasteiger partial charge in [-0.05, 0) is 42.5 Å². The van der Waals surface area contributed by atoms with Gasteiger partial charge in [0.25, 0.3) is 0 Å². The number of halogens is 4. The van der Waals surface area contributed by atoms with Crippen molar-refractivity contribution in [1.29, 1.82) is 0 Å². The van der Waals surface area contributed by atoms with Crippen LogP contribution in [0.4, 0.5) is 17.6 Å². The highest BCUT2D eigenvalue weighted by Crippen LogP contribution is 2.47. The normalized spacial score (nSPS) is 24.3. The van der Waals surface area contributed by atoms with Crippen LogP contribution in [0.2, 0.25) is 0 Å². The molecule has 19 heavy (non-hydrogen) atoms. The molecule has 3 unspecified atom stereocenters. The molecule has 106 valence electrons. The highest BCUT2D eigenvalue weighted by atomic mass is 19.4. The van der Waals surface area contributed by atoms with Crippen LogP contribution >= 0.6 is 0 Å². The van der Waals surface area contributed by atoms with Crippen LogP contribution in [0.25, 0.3) is 0 Å². The van der Waals surface area contributed by atoms with Crippen LogP contribution in [-0.2, 0) is 6.18 Å². The lowest BCUT2D eigenvalue weighted by molar-refractivity contribution is -0.140. The van der Waals surface area contributed by atoms with Crippen molar-refractivity contribution in [3.63, 3.8) is 0 Å². The maximum absolute atomic E-state index is 13.6. The molecule has 0 aromatic heterocycles. The van der Waals surface area contributed by atoms with Gasteiger partial charge in [0.1, 0.15) is 5.82 Å². The Bertz CT molecular complexity index is 455. The summed E-state index contributed by atoms with van der Waals surface area (Å²) in [6, 6.07) is 3.17. The predicted octanol–water partition coefficient (Wildman–Crippen LogP) is 4.15. The van der Waals surface area contributed by atoms with Crippen molar-refractivity contribution in [1.82, 2.24) is 5.32 Å². The molecule has 1 nitrogen and oxygen atoms in total. The molecule has 1 aromatic carbocycles. The highest BCUT2D eigenvalue weighted by Gasteiger charge is 2.40. The van der Waals surface area contributed by atoms with Crippen LogP contribution in [0.5, 0.6) is 0 Å². The van der Waals surface area contributed by atoms with Gasteiger partial charge in [-0.15, -0.1) is 0 Å². The second-order valence-corrected chi connectivity index (χ2v) is 5.15. The van der Waals surface area contributed by atoms with Gasteiger partial charge in [0.05, 0.1) is 5.56 Å². The maximum atomic E-state index is 13.6. The predicted molar refractivity (Wildman–Crippen MR) is 65.1 cm³/mol. The second-order valence-electron chi connectivity index (χ2n) is 5.15. The van der Waals surface area contributed by atoms with Gasteiger partial charge in [0.15, 0.2) is 0 Å². The van der Waals surface area contributed by atoms with Gasteiger partial charge in [0.2, 0.25) is 0 Å². The van der Waals surface area contributed by atoms with Crippen molar-refractivity contribution in [2.75, 3.05) is 6.54 Å². The molecular formula is C14H17F4N. The van der Waals surface area contributed by atoms with E-state index in [1.807, 2.05) is 6.92 Å². The molecule has 0 bridgehead atoms. The van der Waals surface area contributed by atoms with Crippen molar-refractivity contribution in [3.05, 3.63) is 35.1 Å². The highest BCUT2D eigenvalue weighted by molar-refractivity contribution is 5.29. The van der Waals surface area contributed by atoms with Crippen LogP contribution in [0.1, 0.15) is 37.4 Å². The summed E-state index contributed by atoms with van der Waals surface area (Å²) in [5.41, 5.74) is -0.600. The molecule has 0 amide bonds. The first-order chi connectivity index (χ1) is 8.84. The van der Waals surface area contributed by atoms with Crippen molar-refractivity contribution in [2.45, 2.75) is 32.5 Å². The molecule has 1 fully saturated rings. The lowest BCUT2D eigenvalue weighted by Gasteiger charge is -2.19. The van der Waals surface area contributed by atoms with E-state index >= 15 is 0 Å². The Morgan fingerprint density at radius 1 is 1.37 bits per heavy atom. The fraction of sp³-hybridized carbons (Fsp3) is 0.571. The minimum atomic E-state index is -4.64. The van der Waals surface area contributed by atoms with Crippen molar-refractivity contribution in [3.8, 4) is 0 Å². The van der Waals surface area contributed by atoms with Crippen molar-refractivity contribution < 1.29 is 17.6 Å². The molecule has 1 saturated carbocycles. The molecule has 0 spiro atoms. The van der Waals surface area contributed by atoms with E-state index in [1.54, 1.807) is 0 Å². The number of nitrogens with one attached hydrogen (secondary N) is 1. The fourth-order valence-electron chi connectivity index (χ4n) is 2.51. The summed E-state index contributed by atoms with van der Waals surface area (Å²) < 4.78 is 51.1. The average molecular weight is 275 g/mol. The fourth-order valence-corrected chi connectivity index (χ4v) is 2.51. The third kappa shape index (κ3) is 3.08. The summed E-state index contributed by atoms with van der Waals surface area (Å²) in [5, 5.41) is 3.23. The summed E-state index contributed by atoms with van der Waals surface area (Å²) in [4.78, 5) is 0. The molecule has 1 aliphatic rings. The smallest absolute Gasteiger partial charge is 0.310 e. The standard InChI is InChI=1S/C14H17F4N/c1-3-19-13(10-6-8(10)2)9-4-5-11(12(15)7-9)14(16,17)18/h4-5,7-8,10,13,19H,3,6H2,1-2H3. The van der Waals surface area contributed by atoms with Gasteiger partial charge < -0.3 is 5.32 Å². The molecule has 0 heterocycles. The molecule has 1 N–H and O–H groups in total. The molecule has 5 heteroatoms. The summed E-state index contributed by atoms with van der Waals surface area (Å²) in [7, 11) is 0. The number of hydrogen-bond donors (Lipinski definition) is 1. The SMILES string of the molecule is CCNC(c1ccc(C(F)(F)F)c(F)c1)C1CC1C. The Morgan fingerprint density at radius 2 is 2.00 bits per heavy atom. The zero-order valence-electron chi connectivity index (χ0n) is 10.9. The van der Waals surface area contributed by atoms with E-state index in [2.05, 4.69) is 12.2 Å². The van der Waals surface area contributed by atoms with Gasteiger partial charge in [-0.1, -0.05) is 19.9 Å². The van der Waals surface area contributed by atoms with E-state index in [0.717, 1.165) is 18.6 Å². The van der Waals surface area contributed by atoms with E-state index < -0.39 is 17.6 Å². The largest absolute Gasteiger partial charge is 0.419 e. The van der Waals surface area contributed by atoms with Crippen molar-refractivity contribution >= 4 is 0 Å². The zero-order chi connectivity index (χ0) is 14.2. The van der Waals surface area contributed by atoms with Crippen molar-refractivity contribution in [2.24, 2.45) is 11.8 Å². The summed E-state index contributed by atoms with van der Waals surface area (Å²) >= 11 is 0. The van der Waals surface area contributed by atoms with Gasteiger partial charge in [-0.2, -0.15) is 13.2 Å². The van der Waals surface area contributed by atoms with E-state index in [-0.39, 0.29) is 6.04 Å². The third-order valence-electron chi connectivity index (χ3n) is 3.68. The number of hydrogen-bond acceptors (Lipinski definition) is 1. The first-order valence-corrected chi connectivity index (χ1v) is 6.44. The van der Waals surface area contributed by atoms with Crippen LogP contribution in [0.3, 0.4) is 0 Å². The van der Waals surface area contributed by atoms with Crippen LogP contribution in [0.15, 0.2) is 18.2 Å². The molecule has 2 rings (SSSR count). The Hall–Kier alpha value is -1.10. The average Bonchev–Trinajstić information content (AvgIpc) is 3.01. The molecule has 0 aliphatic heterocycles. The van der Waals surface area contributed by atoms with Gasteiger partial charge in [0, 0.05) is 6.04 Å². The van der Waals surface area contributed by atoms with Gasteiger partial charge in [-0.25, -0.2) is 4.39 Å². The van der Waals surface area contributed by atoms with Gasteiger partial charge >= 0.3 is 6.18 Å². The Labute approximate surface area is 110 Å². The molecule has 3 atom stereocenters. The molecule has 0 radical (unpaired) electrons. The number of alkyl halides is 3. The Morgan fingerprint density at radius 3 is 2.42 bits per heavy atom. The first-order valence-electron chi connectivity index (χ1n) is 6.44. The molecule has 1 aliphatic carbocycles. The minimum Gasteiger partial charge on any atom is -0.310 e. The Kier molecular flexibility index (Phi) is 3.85. The van der Waals surface area contributed by atoms with E-state index in [4.69, 9.17) is 0 Å². The van der Waals surface area contributed by atoms with Gasteiger partial charge in [-0.3, -0.25) is 0 Å². The van der Waals surface area contributed by atoms with Crippen LogP contribution in [0, 0.1) is 17.7 Å². The van der Waals surface area contributed by atoms with Crippen LogP contribution in [-0.4, -0.2) is 6.54 Å².